The van der Waals surface area contributed by atoms with Crippen molar-refractivity contribution in [1.82, 2.24) is 4.90 Å². The predicted octanol–water partition coefficient (Wildman–Crippen LogP) is 3.07. The van der Waals surface area contributed by atoms with E-state index >= 15 is 0 Å². The fourth-order valence-corrected chi connectivity index (χ4v) is 3.29. The molecule has 7 heteroatoms. The molecule has 3 atom stereocenters. The summed E-state index contributed by atoms with van der Waals surface area (Å²) in [6, 6.07) is 14.6. The van der Waals surface area contributed by atoms with E-state index in [9.17, 15) is 19.5 Å². The van der Waals surface area contributed by atoms with E-state index in [2.05, 4.69) is 0 Å². The summed E-state index contributed by atoms with van der Waals surface area (Å²) in [7, 11) is 0. The fraction of sp³-hybridized carbons (Fsp3) is 0.261. The normalized spacial score (nSPS) is 19.3. The number of aliphatic carboxylic acids is 1. The Kier molecular flexibility index (Phi) is 6.51. The van der Waals surface area contributed by atoms with Crippen LogP contribution in [0.3, 0.4) is 0 Å². The van der Waals surface area contributed by atoms with Gasteiger partial charge in [0.2, 0.25) is 6.10 Å². The highest BCUT2D eigenvalue weighted by Gasteiger charge is 2.53. The summed E-state index contributed by atoms with van der Waals surface area (Å²) in [6.45, 7) is 3.51. The van der Waals surface area contributed by atoms with Crippen LogP contribution in [0.15, 0.2) is 60.7 Å². The first-order chi connectivity index (χ1) is 14.4. The van der Waals surface area contributed by atoms with E-state index in [0.717, 1.165) is 11.1 Å². The van der Waals surface area contributed by atoms with Crippen molar-refractivity contribution >= 4 is 23.9 Å². The van der Waals surface area contributed by atoms with Gasteiger partial charge in [-0.1, -0.05) is 42.5 Å². The van der Waals surface area contributed by atoms with Crippen molar-refractivity contribution in [2.75, 3.05) is 6.61 Å². The van der Waals surface area contributed by atoms with Crippen LogP contribution in [0.5, 0.6) is 5.75 Å². The monoisotopic (exact) mass is 409 g/mol. The molecule has 0 bridgehead atoms. The zero-order chi connectivity index (χ0) is 21.7. The van der Waals surface area contributed by atoms with Crippen molar-refractivity contribution in [2.45, 2.75) is 32.0 Å². The number of β-lactam (4-membered cyclic amide) rings is 1. The van der Waals surface area contributed by atoms with Crippen molar-refractivity contribution in [2.24, 2.45) is 0 Å². The van der Waals surface area contributed by atoms with Gasteiger partial charge in [0.15, 0.2) is 0 Å². The minimum atomic E-state index is -1.08. The standard InChI is InChI=1S/C23H23NO6/c1-3-29-19(25)14-11-16-9-12-17(13-10-16)20-21(30-18-7-5-4-6-8-18)22(26)24(20)15(2)23(27)28/h4-15,20-21H,3H2,1-2H3,(H,27,28)/b14-11+/t15-,20?,21?/m0/s1. The number of likely N-dealkylation sites (tertiary alicyclic amines) is 1. The molecule has 1 aliphatic rings. The third kappa shape index (κ3) is 4.51. The van der Waals surface area contributed by atoms with Crippen molar-refractivity contribution in [3.05, 3.63) is 71.8 Å². The highest BCUT2D eigenvalue weighted by Crippen LogP contribution is 2.39. The maximum absolute atomic E-state index is 12.7. The van der Waals surface area contributed by atoms with Crippen LogP contribution in [0.25, 0.3) is 6.08 Å². The summed E-state index contributed by atoms with van der Waals surface area (Å²) in [5.74, 6) is -1.34. The van der Waals surface area contributed by atoms with Crippen LogP contribution in [0, 0.1) is 0 Å². The van der Waals surface area contributed by atoms with Crippen LogP contribution in [-0.2, 0) is 19.1 Å². The molecule has 0 aliphatic carbocycles. The first-order valence-corrected chi connectivity index (χ1v) is 9.64. The fourth-order valence-electron chi connectivity index (χ4n) is 3.29. The lowest BCUT2D eigenvalue weighted by Gasteiger charge is -2.48. The third-order valence-electron chi connectivity index (χ3n) is 4.84. The van der Waals surface area contributed by atoms with Crippen LogP contribution >= 0.6 is 0 Å². The second-order valence-corrected chi connectivity index (χ2v) is 6.81. The minimum absolute atomic E-state index is 0.304. The second-order valence-electron chi connectivity index (χ2n) is 6.81. The molecule has 0 aromatic heterocycles. The Morgan fingerprint density at radius 2 is 1.80 bits per heavy atom. The maximum Gasteiger partial charge on any atom is 0.330 e. The number of nitrogens with zero attached hydrogens (tertiary/aromatic N) is 1. The molecule has 1 saturated heterocycles. The minimum Gasteiger partial charge on any atom is -0.480 e. The molecule has 1 amide bonds. The molecule has 2 aromatic rings. The van der Waals surface area contributed by atoms with E-state index in [1.807, 2.05) is 6.07 Å². The lowest BCUT2D eigenvalue weighted by atomic mass is 9.88. The lowest BCUT2D eigenvalue weighted by molar-refractivity contribution is -0.175. The van der Waals surface area contributed by atoms with Crippen molar-refractivity contribution in [1.29, 1.82) is 0 Å². The number of amides is 1. The number of esters is 1. The van der Waals surface area contributed by atoms with Crippen LogP contribution < -0.4 is 4.74 Å². The van der Waals surface area contributed by atoms with Crippen LogP contribution in [0.2, 0.25) is 0 Å². The average molecular weight is 409 g/mol. The average Bonchev–Trinajstić information content (AvgIpc) is 2.75. The molecular formula is C23H23NO6. The van der Waals surface area contributed by atoms with Gasteiger partial charge in [0.25, 0.3) is 5.91 Å². The number of ether oxygens (including phenoxy) is 2. The molecule has 0 saturated carbocycles. The smallest absolute Gasteiger partial charge is 0.330 e. The Morgan fingerprint density at radius 3 is 2.40 bits per heavy atom. The molecule has 156 valence electrons. The Morgan fingerprint density at radius 1 is 1.13 bits per heavy atom. The number of rotatable bonds is 8. The van der Waals surface area contributed by atoms with Gasteiger partial charge in [0.1, 0.15) is 17.8 Å². The van der Waals surface area contributed by atoms with Gasteiger partial charge in [-0.2, -0.15) is 0 Å². The number of hydrogen-bond acceptors (Lipinski definition) is 5. The van der Waals surface area contributed by atoms with Crippen molar-refractivity contribution in [3.63, 3.8) is 0 Å². The van der Waals surface area contributed by atoms with E-state index in [0.29, 0.717) is 12.4 Å². The van der Waals surface area contributed by atoms with Gasteiger partial charge in [-0.05, 0) is 43.2 Å². The second kappa shape index (κ2) is 9.26. The largest absolute Gasteiger partial charge is 0.480 e. The first-order valence-electron chi connectivity index (χ1n) is 9.64. The lowest BCUT2D eigenvalue weighted by Crippen LogP contribution is -2.65. The predicted molar refractivity (Wildman–Crippen MR) is 110 cm³/mol. The molecular weight excluding hydrogens is 386 g/mol. The highest BCUT2D eigenvalue weighted by molar-refractivity contribution is 5.93. The molecule has 0 radical (unpaired) electrons. The van der Waals surface area contributed by atoms with Crippen LogP contribution in [0.4, 0.5) is 0 Å². The van der Waals surface area contributed by atoms with Gasteiger partial charge in [0, 0.05) is 6.08 Å². The summed E-state index contributed by atoms with van der Waals surface area (Å²) in [5.41, 5.74) is 1.52. The number of carboxylic acid groups (broad SMARTS) is 1. The molecule has 30 heavy (non-hydrogen) atoms. The van der Waals surface area contributed by atoms with Gasteiger partial charge in [-0.3, -0.25) is 4.79 Å². The summed E-state index contributed by atoms with van der Waals surface area (Å²) in [4.78, 5) is 36.9. The van der Waals surface area contributed by atoms with Gasteiger partial charge < -0.3 is 19.5 Å². The van der Waals surface area contributed by atoms with Crippen molar-refractivity contribution < 1.29 is 29.0 Å². The topological polar surface area (TPSA) is 93.1 Å². The van der Waals surface area contributed by atoms with Gasteiger partial charge in [-0.15, -0.1) is 0 Å². The SMILES string of the molecule is CCOC(=O)/C=C/c1ccc(C2C(Oc3ccccc3)C(=O)N2[C@@H](C)C(=O)O)cc1. The maximum atomic E-state index is 12.7. The zero-order valence-electron chi connectivity index (χ0n) is 16.7. The van der Waals surface area contributed by atoms with E-state index in [1.54, 1.807) is 61.5 Å². The number of para-hydroxylation sites is 1. The molecule has 3 rings (SSSR count). The van der Waals surface area contributed by atoms with Crippen LogP contribution in [-0.4, -0.2) is 46.6 Å². The quantitative estimate of drug-likeness (QED) is 0.409. The first kappa shape index (κ1) is 21.1. The van der Waals surface area contributed by atoms with Crippen LogP contribution in [0.1, 0.15) is 31.0 Å². The molecule has 7 nitrogen and oxygen atoms in total. The van der Waals surface area contributed by atoms with Crippen molar-refractivity contribution in [3.8, 4) is 5.75 Å². The molecule has 2 aromatic carbocycles. The van der Waals surface area contributed by atoms with E-state index in [4.69, 9.17) is 9.47 Å². The molecule has 0 spiro atoms. The molecule has 1 aliphatic heterocycles. The Balaban J connectivity index is 1.83. The van der Waals surface area contributed by atoms with Gasteiger partial charge >= 0.3 is 11.9 Å². The van der Waals surface area contributed by atoms with E-state index < -0.39 is 30.1 Å². The number of carbonyl (C=O) groups is 3. The molecule has 1 heterocycles. The van der Waals surface area contributed by atoms with Gasteiger partial charge in [0.05, 0.1) is 6.61 Å². The molecule has 1 fully saturated rings. The number of carbonyl (C=O) groups excluding carboxylic acids is 2. The van der Waals surface area contributed by atoms with E-state index in [-0.39, 0.29) is 5.91 Å². The number of hydrogen-bond donors (Lipinski definition) is 1. The Hall–Kier alpha value is -3.61. The van der Waals surface area contributed by atoms with Gasteiger partial charge in [-0.25, -0.2) is 9.59 Å². The Bertz CT molecular complexity index is 938. The Labute approximate surface area is 174 Å². The third-order valence-corrected chi connectivity index (χ3v) is 4.84. The highest BCUT2D eigenvalue weighted by atomic mass is 16.5. The summed E-state index contributed by atoms with van der Waals surface area (Å²) < 4.78 is 10.7. The molecule has 1 N–H and O–H groups in total. The summed E-state index contributed by atoms with van der Waals surface area (Å²) in [6.07, 6.45) is 2.16. The summed E-state index contributed by atoms with van der Waals surface area (Å²) >= 11 is 0. The zero-order valence-corrected chi connectivity index (χ0v) is 16.7. The number of benzene rings is 2. The molecule has 2 unspecified atom stereocenters. The summed E-state index contributed by atoms with van der Waals surface area (Å²) in [5, 5.41) is 9.40. The number of carboxylic acids is 1. The van der Waals surface area contributed by atoms with E-state index in [1.165, 1.54) is 17.9 Å².